The van der Waals surface area contributed by atoms with Gasteiger partial charge in [-0.15, -0.1) is 11.3 Å². The molecule has 1 aliphatic rings. The summed E-state index contributed by atoms with van der Waals surface area (Å²) in [6.07, 6.45) is 3.54. The van der Waals surface area contributed by atoms with Crippen LogP contribution in [0.2, 0.25) is 0 Å². The molecule has 128 valence electrons. The zero-order valence-corrected chi connectivity index (χ0v) is 15.1. The van der Waals surface area contributed by atoms with Gasteiger partial charge in [-0.3, -0.25) is 9.69 Å². The lowest BCUT2D eigenvalue weighted by molar-refractivity contribution is -0.127. The highest BCUT2D eigenvalue weighted by Gasteiger charge is 2.26. The third-order valence-electron chi connectivity index (χ3n) is 4.38. The average molecular weight is 351 g/mol. The molecule has 3 rings (SSSR count). The van der Waals surface area contributed by atoms with E-state index in [0.717, 1.165) is 10.4 Å². The Morgan fingerprint density at radius 2 is 1.88 bits per heavy atom. The standard InChI is InChI=1S/C20H21N3OS/c1-16-7-8-18(25-16)9-10-20(24)23-13-11-22(12-14-23)19(15-21)17-5-3-2-4-6-17/h2-10,19H,11-14H2,1H3. The highest BCUT2D eigenvalue weighted by atomic mass is 32.1. The number of carbonyl (C=O) groups is 1. The van der Waals surface area contributed by atoms with Crippen LogP contribution in [0.1, 0.15) is 21.4 Å². The number of amides is 1. The lowest BCUT2D eigenvalue weighted by atomic mass is 10.1. The maximum absolute atomic E-state index is 12.4. The van der Waals surface area contributed by atoms with Gasteiger partial charge in [-0.05, 0) is 30.7 Å². The highest BCUT2D eigenvalue weighted by molar-refractivity contribution is 7.12. The molecule has 0 radical (unpaired) electrons. The number of nitriles is 1. The van der Waals surface area contributed by atoms with Crippen molar-refractivity contribution in [2.45, 2.75) is 13.0 Å². The van der Waals surface area contributed by atoms with Crippen molar-refractivity contribution >= 4 is 23.3 Å². The van der Waals surface area contributed by atoms with Gasteiger partial charge in [0.05, 0.1) is 6.07 Å². The predicted octanol–water partition coefficient (Wildman–Crippen LogP) is 3.48. The minimum absolute atomic E-state index is 0.0407. The van der Waals surface area contributed by atoms with Crippen LogP contribution in [0.15, 0.2) is 48.5 Å². The van der Waals surface area contributed by atoms with Crippen LogP contribution in [0.5, 0.6) is 0 Å². The van der Waals surface area contributed by atoms with E-state index in [4.69, 9.17) is 0 Å². The quantitative estimate of drug-likeness (QED) is 0.793. The number of carbonyl (C=O) groups excluding carboxylic acids is 1. The van der Waals surface area contributed by atoms with Gasteiger partial charge in [-0.2, -0.15) is 5.26 Å². The van der Waals surface area contributed by atoms with Crippen LogP contribution in [-0.4, -0.2) is 41.9 Å². The second-order valence-electron chi connectivity index (χ2n) is 6.09. The first kappa shape index (κ1) is 17.4. The first-order valence-electron chi connectivity index (χ1n) is 8.39. The Kier molecular flexibility index (Phi) is 5.64. The molecule has 1 aliphatic heterocycles. The van der Waals surface area contributed by atoms with Crippen molar-refractivity contribution in [2.24, 2.45) is 0 Å². The number of piperazine rings is 1. The van der Waals surface area contributed by atoms with Gasteiger partial charge in [-0.25, -0.2) is 0 Å². The summed E-state index contributed by atoms with van der Waals surface area (Å²) in [6.45, 7) is 4.78. The van der Waals surface area contributed by atoms with E-state index < -0.39 is 0 Å². The van der Waals surface area contributed by atoms with E-state index in [2.05, 4.69) is 24.0 Å². The summed E-state index contributed by atoms with van der Waals surface area (Å²) in [5, 5.41) is 9.54. The van der Waals surface area contributed by atoms with Crippen molar-refractivity contribution in [1.29, 1.82) is 5.26 Å². The molecule has 1 saturated heterocycles. The first-order chi connectivity index (χ1) is 12.2. The molecule has 1 aromatic heterocycles. The molecule has 0 aliphatic carbocycles. The molecule has 1 atom stereocenters. The number of hydrogen-bond donors (Lipinski definition) is 0. The maximum Gasteiger partial charge on any atom is 0.246 e. The molecule has 25 heavy (non-hydrogen) atoms. The van der Waals surface area contributed by atoms with E-state index in [9.17, 15) is 10.1 Å². The zero-order valence-electron chi connectivity index (χ0n) is 14.3. The van der Waals surface area contributed by atoms with Crippen molar-refractivity contribution in [3.63, 3.8) is 0 Å². The van der Waals surface area contributed by atoms with Crippen molar-refractivity contribution in [3.8, 4) is 6.07 Å². The normalized spacial score (nSPS) is 16.7. The van der Waals surface area contributed by atoms with Crippen molar-refractivity contribution in [3.05, 3.63) is 63.9 Å². The molecule has 1 aromatic carbocycles. The lowest BCUT2D eigenvalue weighted by Gasteiger charge is -2.36. The minimum Gasteiger partial charge on any atom is -0.337 e. The molecule has 1 fully saturated rings. The number of rotatable bonds is 4. The van der Waals surface area contributed by atoms with Crippen LogP contribution in [0, 0.1) is 18.3 Å². The van der Waals surface area contributed by atoms with Crippen molar-refractivity contribution < 1.29 is 4.79 Å². The number of benzene rings is 1. The molecular formula is C20H21N3OS. The van der Waals surface area contributed by atoms with Crippen LogP contribution in [-0.2, 0) is 4.79 Å². The van der Waals surface area contributed by atoms with Crippen LogP contribution in [0.25, 0.3) is 6.08 Å². The predicted molar refractivity (Wildman–Crippen MR) is 101 cm³/mol. The highest BCUT2D eigenvalue weighted by Crippen LogP contribution is 2.21. The fraction of sp³-hybridized carbons (Fsp3) is 0.300. The van der Waals surface area contributed by atoms with E-state index in [-0.39, 0.29) is 11.9 Å². The molecule has 0 saturated carbocycles. The number of hydrogen-bond acceptors (Lipinski definition) is 4. The lowest BCUT2D eigenvalue weighted by Crippen LogP contribution is -2.49. The molecule has 4 nitrogen and oxygen atoms in total. The van der Waals surface area contributed by atoms with Gasteiger partial charge < -0.3 is 4.90 Å². The third-order valence-corrected chi connectivity index (χ3v) is 5.35. The van der Waals surface area contributed by atoms with Crippen LogP contribution >= 0.6 is 11.3 Å². The Morgan fingerprint density at radius 1 is 1.16 bits per heavy atom. The van der Waals surface area contributed by atoms with Gasteiger partial charge in [0.25, 0.3) is 0 Å². The molecule has 1 unspecified atom stereocenters. The molecule has 2 heterocycles. The van der Waals surface area contributed by atoms with E-state index >= 15 is 0 Å². The van der Waals surface area contributed by atoms with Gasteiger partial charge >= 0.3 is 0 Å². The SMILES string of the molecule is Cc1ccc(C=CC(=O)N2CCN(C(C#N)c3ccccc3)CC2)s1. The number of aryl methyl sites for hydroxylation is 1. The Bertz CT molecular complexity index is 783. The number of nitrogens with zero attached hydrogens (tertiary/aromatic N) is 3. The molecular weight excluding hydrogens is 330 g/mol. The number of thiophene rings is 1. The Morgan fingerprint density at radius 3 is 2.48 bits per heavy atom. The topological polar surface area (TPSA) is 47.3 Å². The zero-order chi connectivity index (χ0) is 17.6. The van der Waals surface area contributed by atoms with Gasteiger partial charge in [0.2, 0.25) is 5.91 Å². The molecule has 0 bridgehead atoms. The van der Waals surface area contributed by atoms with Gasteiger partial charge in [0.1, 0.15) is 6.04 Å². The summed E-state index contributed by atoms with van der Waals surface area (Å²) in [5.74, 6) is 0.0407. The van der Waals surface area contributed by atoms with Crippen LogP contribution in [0.3, 0.4) is 0 Å². The van der Waals surface area contributed by atoms with Crippen LogP contribution < -0.4 is 0 Å². The fourth-order valence-electron chi connectivity index (χ4n) is 3.00. The Hall–Kier alpha value is -2.42. The summed E-state index contributed by atoms with van der Waals surface area (Å²) in [5.41, 5.74) is 1.01. The summed E-state index contributed by atoms with van der Waals surface area (Å²) in [4.78, 5) is 18.7. The van der Waals surface area contributed by atoms with E-state index in [1.807, 2.05) is 47.4 Å². The molecule has 0 N–H and O–H groups in total. The monoisotopic (exact) mass is 351 g/mol. The average Bonchev–Trinajstić information content (AvgIpc) is 3.07. The second kappa shape index (κ2) is 8.11. The molecule has 1 amide bonds. The summed E-state index contributed by atoms with van der Waals surface area (Å²) < 4.78 is 0. The summed E-state index contributed by atoms with van der Waals surface area (Å²) in [6, 6.07) is 16.1. The smallest absolute Gasteiger partial charge is 0.246 e. The van der Waals surface area contributed by atoms with Gasteiger partial charge in [0.15, 0.2) is 0 Å². The largest absolute Gasteiger partial charge is 0.337 e. The third kappa shape index (κ3) is 4.36. The molecule has 2 aromatic rings. The Balaban J connectivity index is 1.57. The van der Waals surface area contributed by atoms with Crippen molar-refractivity contribution in [1.82, 2.24) is 9.80 Å². The summed E-state index contributed by atoms with van der Waals surface area (Å²) in [7, 11) is 0. The summed E-state index contributed by atoms with van der Waals surface area (Å²) >= 11 is 1.68. The van der Waals surface area contributed by atoms with Gasteiger partial charge in [-0.1, -0.05) is 30.3 Å². The maximum atomic E-state index is 12.4. The minimum atomic E-state index is -0.247. The second-order valence-corrected chi connectivity index (χ2v) is 7.40. The molecule has 5 heteroatoms. The van der Waals surface area contributed by atoms with Crippen molar-refractivity contribution in [2.75, 3.05) is 26.2 Å². The van der Waals surface area contributed by atoms with E-state index in [1.165, 1.54) is 4.88 Å². The van der Waals surface area contributed by atoms with E-state index in [0.29, 0.717) is 26.2 Å². The molecule has 0 spiro atoms. The van der Waals surface area contributed by atoms with E-state index in [1.54, 1.807) is 17.4 Å². The van der Waals surface area contributed by atoms with Gasteiger partial charge in [0, 0.05) is 42.0 Å². The van der Waals surface area contributed by atoms with Crippen LogP contribution in [0.4, 0.5) is 0 Å². The Labute approximate surface area is 152 Å². The first-order valence-corrected chi connectivity index (χ1v) is 9.21. The fourth-order valence-corrected chi connectivity index (χ4v) is 3.78.